The van der Waals surface area contributed by atoms with Gasteiger partial charge >= 0.3 is 0 Å². The molecule has 0 aromatic heterocycles. The summed E-state index contributed by atoms with van der Waals surface area (Å²) in [6.45, 7) is 4.25. The molecule has 1 amide bonds. The standard InChI is InChI=1S/C17H25ClN2O.ClH/c1-11(13-4-7-15(18)8-5-13)12(2)20(3)17(21)14-6-9-16(19)10-14;/h4-5,7-8,11-12,14,16H,6,9-10,19H2,1-3H3;1H. The maximum Gasteiger partial charge on any atom is 0.225 e. The van der Waals surface area contributed by atoms with E-state index in [1.807, 2.05) is 36.2 Å². The van der Waals surface area contributed by atoms with Gasteiger partial charge in [0.15, 0.2) is 0 Å². The maximum atomic E-state index is 12.6. The fraction of sp³-hybridized carbons (Fsp3) is 0.588. The number of nitrogens with zero attached hydrogens (tertiary/aromatic N) is 1. The van der Waals surface area contributed by atoms with Crippen molar-refractivity contribution < 1.29 is 4.79 Å². The number of hydrogen-bond acceptors (Lipinski definition) is 2. The van der Waals surface area contributed by atoms with E-state index in [1.54, 1.807) is 0 Å². The first-order valence-corrected chi connectivity index (χ1v) is 8.05. The number of likely N-dealkylation sites (N-methyl/N-ethyl adjacent to an activating group) is 1. The van der Waals surface area contributed by atoms with E-state index in [9.17, 15) is 4.79 Å². The maximum absolute atomic E-state index is 12.6. The highest BCUT2D eigenvalue weighted by atomic mass is 35.5. The number of hydrogen-bond donors (Lipinski definition) is 1. The summed E-state index contributed by atoms with van der Waals surface area (Å²) in [7, 11) is 1.91. The molecule has 2 rings (SSSR count). The molecule has 22 heavy (non-hydrogen) atoms. The van der Waals surface area contributed by atoms with Crippen LogP contribution in [0.15, 0.2) is 24.3 Å². The second kappa shape index (κ2) is 8.19. The molecule has 4 unspecified atom stereocenters. The Morgan fingerprint density at radius 3 is 2.36 bits per heavy atom. The molecule has 1 aromatic carbocycles. The zero-order valence-corrected chi connectivity index (χ0v) is 15.0. The van der Waals surface area contributed by atoms with Gasteiger partial charge in [0.1, 0.15) is 0 Å². The lowest BCUT2D eigenvalue weighted by molar-refractivity contribution is -0.136. The van der Waals surface area contributed by atoms with E-state index in [2.05, 4.69) is 13.8 Å². The Balaban J connectivity index is 0.00000242. The summed E-state index contributed by atoms with van der Waals surface area (Å²) >= 11 is 5.93. The van der Waals surface area contributed by atoms with Gasteiger partial charge in [0.2, 0.25) is 5.91 Å². The minimum atomic E-state index is 0. The summed E-state index contributed by atoms with van der Waals surface area (Å²) < 4.78 is 0. The first kappa shape index (κ1) is 19.3. The molecular formula is C17H26Cl2N2O. The van der Waals surface area contributed by atoms with Crippen molar-refractivity contribution >= 4 is 29.9 Å². The predicted octanol–water partition coefficient (Wildman–Crippen LogP) is 3.84. The zero-order valence-electron chi connectivity index (χ0n) is 13.5. The Bertz CT molecular complexity index is 492. The largest absolute Gasteiger partial charge is 0.342 e. The molecule has 1 fully saturated rings. The Kier molecular flexibility index (Phi) is 7.17. The van der Waals surface area contributed by atoms with E-state index >= 15 is 0 Å². The van der Waals surface area contributed by atoms with Crippen molar-refractivity contribution in [1.29, 1.82) is 0 Å². The van der Waals surface area contributed by atoms with Crippen molar-refractivity contribution in [3.63, 3.8) is 0 Å². The summed E-state index contributed by atoms with van der Waals surface area (Å²) in [5.74, 6) is 0.604. The van der Waals surface area contributed by atoms with Crippen molar-refractivity contribution in [2.75, 3.05) is 7.05 Å². The van der Waals surface area contributed by atoms with Crippen LogP contribution in [-0.4, -0.2) is 29.9 Å². The first-order chi connectivity index (χ1) is 9.90. The molecule has 0 radical (unpaired) electrons. The molecule has 5 heteroatoms. The van der Waals surface area contributed by atoms with E-state index in [4.69, 9.17) is 17.3 Å². The Hall–Kier alpha value is -0.770. The van der Waals surface area contributed by atoms with Crippen LogP contribution >= 0.6 is 24.0 Å². The minimum absolute atomic E-state index is 0. The summed E-state index contributed by atoms with van der Waals surface area (Å²) in [5.41, 5.74) is 7.12. The third-order valence-electron chi connectivity index (χ3n) is 4.90. The monoisotopic (exact) mass is 344 g/mol. The molecule has 0 spiro atoms. The highest BCUT2D eigenvalue weighted by Crippen LogP contribution is 2.29. The van der Waals surface area contributed by atoms with Crippen LogP contribution in [0.5, 0.6) is 0 Å². The fourth-order valence-electron chi connectivity index (χ4n) is 3.11. The lowest BCUT2D eigenvalue weighted by Crippen LogP contribution is -2.41. The number of carbonyl (C=O) groups excluding carboxylic acids is 1. The number of amides is 1. The van der Waals surface area contributed by atoms with E-state index in [-0.39, 0.29) is 42.2 Å². The van der Waals surface area contributed by atoms with E-state index in [0.29, 0.717) is 0 Å². The molecule has 0 saturated heterocycles. The predicted molar refractivity (Wildman–Crippen MR) is 94.7 cm³/mol. The van der Waals surface area contributed by atoms with Gasteiger partial charge in [-0.15, -0.1) is 12.4 Å². The number of carbonyl (C=O) groups is 1. The fourth-order valence-corrected chi connectivity index (χ4v) is 3.24. The van der Waals surface area contributed by atoms with E-state index in [0.717, 1.165) is 24.3 Å². The van der Waals surface area contributed by atoms with Crippen LogP contribution in [0, 0.1) is 5.92 Å². The lowest BCUT2D eigenvalue weighted by Gasteiger charge is -2.32. The highest BCUT2D eigenvalue weighted by Gasteiger charge is 2.32. The van der Waals surface area contributed by atoms with Crippen LogP contribution in [0.2, 0.25) is 5.02 Å². The van der Waals surface area contributed by atoms with Crippen molar-refractivity contribution in [2.24, 2.45) is 11.7 Å². The molecule has 1 aromatic rings. The van der Waals surface area contributed by atoms with E-state index < -0.39 is 0 Å². The molecule has 0 heterocycles. The van der Waals surface area contributed by atoms with Gasteiger partial charge in [-0.1, -0.05) is 30.7 Å². The van der Waals surface area contributed by atoms with Crippen LogP contribution in [0.4, 0.5) is 0 Å². The summed E-state index contributed by atoms with van der Waals surface area (Å²) in [6.07, 6.45) is 2.71. The third kappa shape index (κ3) is 4.37. The van der Waals surface area contributed by atoms with Crippen LogP contribution in [0.1, 0.15) is 44.6 Å². The van der Waals surface area contributed by atoms with Gasteiger partial charge in [-0.2, -0.15) is 0 Å². The molecule has 2 N–H and O–H groups in total. The average Bonchev–Trinajstić information content (AvgIpc) is 2.91. The normalized spacial score (nSPS) is 23.5. The quantitative estimate of drug-likeness (QED) is 0.901. The van der Waals surface area contributed by atoms with Gasteiger partial charge < -0.3 is 10.6 Å². The number of rotatable bonds is 4. The third-order valence-corrected chi connectivity index (χ3v) is 5.15. The average molecular weight is 345 g/mol. The van der Waals surface area contributed by atoms with Crippen molar-refractivity contribution in [3.8, 4) is 0 Å². The summed E-state index contributed by atoms with van der Waals surface area (Å²) in [4.78, 5) is 14.5. The molecule has 4 atom stereocenters. The highest BCUT2D eigenvalue weighted by molar-refractivity contribution is 6.30. The van der Waals surface area contributed by atoms with Gasteiger partial charge in [-0.25, -0.2) is 0 Å². The Labute approximate surface area is 144 Å². The number of benzene rings is 1. The Morgan fingerprint density at radius 1 is 1.27 bits per heavy atom. The topological polar surface area (TPSA) is 46.3 Å². The van der Waals surface area contributed by atoms with E-state index in [1.165, 1.54) is 5.56 Å². The summed E-state index contributed by atoms with van der Waals surface area (Å²) in [6, 6.07) is 8.21. The first-order valence-electron chi connectivity index (χ1n) is 7.68. The van der Waals surface area contributed by atoms with Gasteiger partial charge in [0, 0.05) is 36.0 Å². The molecule has 0 bridgehead atoms. The van der Waals surface area contributed by atoms with Crippen LogP contribution < -0.4 is 5.73 Å². The van der Waals surface area contributed by atoms with Gasteiger partial charge in [0.25, 0.3) is 0 Å². The van der Waals surface area contributed by atoms with Crippen LogP contribution in [0.25, 0.3) is 0 Å². The SMILES string of the molecule is CC(c1ccc(Cl)cc1)C(C)N(C)C(=O)C1CCC(N)C1.Cl. The molecule has 0 aliphatic heterocycles. The van der Waals surface area contributed by atoms with Gasteiger partial charge in [-0.05, 0) is 43.9 Å². The smallest absolute Gasteiger partial charge is 0.225 e. The van der Waals surface area contributed by atoms with Crippen LogP contribution in [-0.2, 0) is 4.79 Å². The lowest BCUT2D eigenvalue weighted by atomic mass is 9.92. The number of halogens is 2. The molecule has 1 saturated carbocycles. The Morgan fingerprint density at radius 2 is 1.86 bits per heavy atom. The molecular weight excluding hydrogens is 319 g/mol. The number of nitrogens with two attached hydrogens (primary N) is 1. The second-order valence-corrected chi connectivity index (χ2v) is 6.74. The molecule has 1 aliphatic carbocycles. The van der Waals surface area contributed by atoms with Crippen molar-refractivity contribution in [3.05, 3.63) is 34.9 Å². The van der Waals surface area contributed by atoms with Crippen molar-refractivity contribution in [2.45, 2.75) is 51.1 Å². The second-order valence-electron chi connectivity index (χ2n) is 6.30. The zero-order chi connectivity index (χ0) is 15.6. The van der Waals surface area contributed by atoms with Gasteiger partial charge in [-0.3, -0.25) is 4.79 Å². The molecule has 124 valence electrons. The minimum Gasteiger partial charge on any atom is -0.342 e. The van der Waals surface area contributed by atoms with Gasteiger partial charge in [0.05, 0.1) is 0 Å². The molecule has 1 aliphatic rings. The van der Waals surface area contributed by atoms with Crippen molar-refractivity contribution in [1.82, 2.24) is 4.90 Å². The summed E-state index contributed by atoms with van der Waals surface area (Å²) in [5, 5.41) is 0.739. The molecule has 3 nitrogen and oxygen atoms in total. The van der Waals surface area contributed by atoms with Crippen LogP contribution in [0.3, 0.4) is 0 Å².